The zero-order chi connectivity index (χ0) is 12.8. The van der Waals surface area contributed by atoms with Crippen molar-refractivity contribution >= 4 is 11.8 Å². The quantitative estimate of drug-likeness (QED) is 0.716. The van der Waals surface area contributed by atoms with Gasteiger partial charge in [0.1, 0.15) is 0 Å². The van der Waals surface area contributed by atoms with E-state index in [1.807, 2.05) is 4.90 Å². The fraction of sp³-hybridized carbons (Fsp3) is 0.833. The summed E-state index contributed by atoms with van der Waals surface area (Å²) in [6.45, 7) is 5.32. The Bertz CT molecular complexity index is 281. The van der Waals surface area contributed by atoms with Crippen LogP contribution in [0.25, 0.3) is 0 Å². The van der Waals surface area contributed by atoms with Gasteiger partial charge in [0.15, 0.2) is 0 Å². The van der Waals surface area contributed by atoms with Gasteiger partial charge in [-0.1, -0.05) is 13.3 Å². The molecule has 0 aromatic rings. The van der Waals surface area contributed by atoms with Crippen molar-refractivity contribution in [3.63, 3.8) is 0 Å². The van der Waals surface area contributed by atoms with Gasteiger partial charge in [0.25, 0.3) is 0 Å². The van der Waals surface area contributed by atoms with E-state index in [2.05, 4.69) is 12.2 Å². The largest absolute Gasteiger partial charge is 0.352 e. The lowest BCUT2D eigenvalue weighted by molar-refractivity contribution is -0.134. The van der Waals surface area contributed by atoms with Gasteiger partial charge >= 0.3 is 0 Å². The van der Waals surface area contributed by atoms with Gasteiger partial charge in [0.2, 0.25) is 11.8 Å². The van der Waals surface area contributed by atoms with Crippen molar-refractivity contribution in [3.8, 4) is 0 Å². The van der Waals surface area contributed by atoms with Crippen molar-refractivity contribution in [3.05, 3.63) is 0 Å². The second-order valence-corrected chi connectivity index (χ2v) is 4.69. The molecule has 5 heteroatoms. The van der Waals surface area contributed by atoms with Crippen molar-refractivity contribution in [2.45, 2.75) is 39.2 Å². The van der Waals surface area contributed by atoms with Gasteiger partial charge in [0, 0.05) is 32.6 Å². The van der Waals surface area contributed by atoms with E-state index in [4.69, 9.17) is 5.73 Å². The molecule has 0 aliphatic carbocycles. The molecule has 2 amide bonds. The maximum Gasteiger partial charge on any atom is 0.227 e. The molecule has 98 valence electrons. The second kappa shape index (κ2) is 6.59. The van der Waals surface area contributed by atoms with E-state index in [0.29, 0.717) is 13.1 Å². The van der Waals surface area contributed by atoms with Crippen molar-refractivity contribution in [2.24, 2.45) is 11.7 Å². The molecule has 5 nitrogen and oxygen atoms in total. The summed E-state index contributed by atoms with van der Waals surface area (Å²) < 4.78 is 0. The SMILES string of the molecule is CCCC(CN)C(=O)N1CCC(NC(C)=O)C1. The van der Waals surface area contributed by atoms with Crippen LogP contribution < -0.4 is 11.1 Å². The maximum atomic E-state index is 12.1. The first kappa shape index (κ1) is 14.0. The first-order chi connectivity index (χ1) is 8.08. The summed E-state index contributed by atoms with van der Waals surface area (Å²) in [4.78, 5) is 24.9. The van der Waals surface area contributed by atoms with E-state index in [0.717, 1.165) is 25.8 Å². The van der Waals surface area contributed by atoms with E-state index < -0.39 is 0 Å². The number of nitrogens with zero attached hydrogens (tertiary/aromatic N) is 1. The lowest BCUT2D eigenvalue weighted by Crippen LogP contribution is -2.41. The molecule has 0 bridgehead atoms. The summed E-state index contributed by atoms with van der Waals surface area (Å²) in [6.07, 6.45) is 2.65. The molecule has 1 heterocycles. The lowest BCUT2D eigenvalue weighted by Gasteiger charge is -2.22. The van der Waals surface area contributed by atoms with Crippen LogP contribution in [0.2, 0.25) is 0 Å². The smallest absolute Gasteiger partial charge is 0.227 e. The number of hydrogen-bond donors (Lipinski definition) is 2. The highest BCUT2D eigenvalue weighted by Crippen LogP contribution is 2.15. The van der Waals surface area contributed by atoms with Crippen LogP contribution in [0.3, 0.4) is 0 Å². The average molecular weight is 241 g/mol. The minimum atomic E-state index is -0.0592. The van der Waals surface area contributed by atoms with Crippen LogP contribution in [-0.4, -0.2) is 42.4 Å². The third-order valence-electron chi connectivity index (χ3n) is 3.18. The summed E-state index contributed by atoms with van der Waals surface area (Å²) >= 11 is 0. The number of nitrogens with one attached hydrogen (secondary N) is 1. The van der Waals surface area contributed by atoms with Gasteiger partial charge < -0.3 is 16.0 Å². The van der Waals surface area contributed by atoms with Crippen LogP contribution in [0.1, 0.15) is 33.1 Å². The Labute approximate surface area is 103 Å². The van der Waals surface area contributed by atoms with Crippen molar-refractivity contribution in [1.82, 2.24) is 10.2 Å². The zero-order valence-electron chi connectivity index (χ0n) is 10.7. The molecule has 17 heavy (non-hydrogen) atoms. The summed E-state index contributed by atoms with van der Waals surface area (Å²) in [5.74, 6) is 0.0477. The van der Waals surface area contributed by atoms with Gasteiger partial charge in [0.05, 0.1) is 5.92 Å². The molecule has 0 saturated carbocycles. The number of rotatable bonds is 5. The first-order valence-electron chi connectivity index (χ1n) is 6.34. The van der Waals surface area contributed by atoms with E-state index in [-0.39, 0.29) is 23.8 Å². The zero-order valence-corrected chi connectivity index (χ0v) is 10.7. The van der Waals surface area contributed by atoms with E-state index in [1.54, 1.807) is 0 Å². The molecule has 0 aromatic heterocycles. The van der Waals surface area contributed by atoms with Crippen LogP contribution in [0.5, 0.6) is 0 Å². The number of carbonyl (C=O) groups is 2. The number of carbonyl (C=O) groups excluding carboxylic acids is 2. The van der Waals surface area contributed by atoms with Crippen molar-refractivity contribution in [1.29, 1.82) is 0 Å². The Morgan fingerprint density at radius 3 is 2.76 bits per heavy atom. The van der Waals surface area contributed by atoms with Crippen LogP contribution in [0.15, 0.2) is 0 Å². The molecule has 1 saturated heterocycles. The maximum absolute atomic E-state index is 12.1. The molecular weight excluding hydrogens is 218 g/mol. The van der Waals surface area contributed by atoms with E-state index in [9.17, 15) is 9.59 Å². The van der Waals surface area contributed by atoms with Gasteiger partial charge in [-0.2, -0.15) is 0 Å². The monoisotopic (exact) mass is 241 g/mol. The van der Waals surface area contributed by atoms with Gasteiger partial charge in [-0.15, -0.1) is 0 Å². The van der Waals surface area contributed by atoms with Crippen molar-refractivity contribution in [2.75, 3.05) is 19.6 Å². The minimum absolute atomic E-state index is 0.0340. The highest BCUT2D eigenvalue weighted by Gasteiger charge is 2.30. The molecule has 0 spiro atoms. The Morgan fingerprint density at radius 1 is 1.53 bits per heavy atom. The Hall–Kier alpha value is -1.10. The third-order valence-corrected chi connectivity index (χ3v) is 3.18. The molecule has 2 unspecified atom stereocenters. The number of nitrogens with two attached hydrogens (primary N) is 1. The van der Waals surface area contributed by atoms with Crippen LogP contribution in [0.4, 0.5) is 0 Å². The predicted octanol–water partition coefficient (Wildman–Crippen LogP) is 0.0984. The summed E-state index contributed by atoms with van der Waals surface area (Å²) in [5.41, 5.74) is 5.63. The highest BCUT2D eigenvalue weighted by atomic mass is 16.2. The highest BCUT2D eigenvalue weighted by molar-refractivity contribution is 5.79. The number of likely N-dealkylation sites (tertiary alicyclic amines) is 1. The minimum Gasteiger partial charge on any atom is -0.352 e. The Morgan fingerprint density at radius 2 is 2.24 bits per heavy atom. The van der Waals surface area contributed by atoms with Crippen LogP contribution in [0, 0.1) is 5.92 Å². The fourth-order valence-corrected chi connectivity index (χ4v) is 2.31. The van der Waals surface area contributed by atoms with Gasteiger partial charge in [-0.3, -0.25) is 9.59 Å². The molecule has 0 radical (unpaired) electrons. The fourth-order valence-electron chi connectivity index (χ4n) is 2.31. The lowest BCUT2D eigenvalue weighted by atomic mass is 10.0. The molecule has 1 aliphatic heterocycles. The van der Waals surface area contributed by atoms with Crippen molar-refractivity contribution < 1.29 is 9.59 Å². The molecule has 1 aliphatic rings. The number of amides is 2. The molecule has 3 N–H and O–H groups in total. The first-order valence-corrected chi connectivity index (χ1v) is 6.34. The average Bonchev–Trinajstić information content (AvgIpc) is 2.72. The van der Waals surface area contributed by atoms with Crippen LogP contribution >= 0.6 is 0 Å². The summed E-state index contributed by atoms with van der Waals surface area (Å²) in [7, 11) is 0. The van der Waals surface area contributed by atoms with E-state index in [1.165, 1.54) is 6.92 Å². The Kier molecular flexibility index (Phi) is 5.41. The van der Waals surface area contributed by atoms with Gasteiger partial charge in [-0.25, -0.2) is 0 Å². The summed E-state index contributed by atoms with van der Waals surface area (Å²) in [6, 6.07) is 0.108. The standard InChI is InChI=1S/C12H23N3O2/c1-3-4-10(7-13)12(17)15-6-5-11(8-15)14-9(2)16/h10-11H,3-8,13H2,1-2H3,(H,14,16). The molecular formula is C12H23N3O2. The predicted molar refractivity (Wildman–Crippen MR) is 66.3 cm³/mol. The summed E-state index contributed by atoms with van der Waals surface area (Å²) in [5, 5.41) is 2.85. The molecule has 1 rings (SSSR count). The van der Waals surface area contributed by atoms with Crippen LogP contribution in [-0.2, 0) is 9.59 Å². The van der Waals surface area contributed by atoms with Gasteiger partial charge in [-0.05, 0) is 12.8 Å². The molecule has 0 aromatic carbocycles. The topological polar surface area (TPSA) is 75.4 Å². The Balaban J connectivity index is 2.46. The number of hydrogen-bond acceptors (Lipinski definition) is 3. The molecule has 2 atom stereocenters. The second-order valence-electron chi connectivity index (χ2n) is 4.69. The normalized spacial score (nSPS) is 21.4. The van der Waals surface area contributed by atoms with E-state index >= 15 is 0 Å². The molecule has 1 fully saturated rings. The third kappa shape index (κ3) is 4.00.